The fraction of sp³-hybridized carbons (Fsp3) is 0.944. The summed E-state index contributed by atoms with van der Waals surface area (Å²) in [6, 6.07) is 0. The third-order valence-electron chi connectivity index (χ3n) is 12.0. The Kier molecular flexibility index (Phi) is 77.3. The monoisotopic (exact) mass is 929 g/mol. The number of unbranched alkanes of at least 4 members (excludes halogenated alkanes) is 42. The molecule has 0 saturated carbocycles. The summed E-state index contributed by atoms with van der Waals surface area (Å²) in [5.74, 6) is -2.71. The van der Waals surface area contributed by atoms with Crippen molar-refractivity contribution in [2.24, 2.45) is 0 Å². The minimum Gasteiger partial charge on any atom is -0.550 e. The molecule has 0 aliphatic carbocycles. The molecule has 0 aliphatic heterocycles. The van der Waals surface area contributed by atoms with Gasteiger partial charge in [-0.25, -0.2) is 0 Å². The van der Waals surface area contributed by atoms with E-state index in [2.05, 4.69) is 20.8 Å². The van der Waals surface area contributed by atoms with E-state index in [4.69, 9.17) is 0 Å². The van der Waals surface area contributed by atoms with Gasteiger partial charge in [0.25, 0.3) is 0 Å². The maximum Gasteiger partial charge on any atom is 2.00 e. The summed E-state index contributed by atoms with van der Waals surface area (Å²) in [7, 11) is 0. The molecule has 0 amide bonds. The molecular formula is C54H105FeNaO6. The zero-order valence-electron chi connectivity index (χ0n) is 42.2. The van der Waals surface area contributed by atoms with E-state index in [1.807, 2.05) is 0 Å². The molecule has 0 N–H and O–H groups in total. The second-order valence-electron chi connectivity index (χ2n) is 18.2. The van der Waals surface area contributed by atoms with Crippen LogP contribution in [0.1, 0.15) is 329 Å². The Balaban J connectivity index is -0.000000258. The molecule has 0 aromatic heterocycles. The number of carbonyl (C=O) groups excluding carboxylic acids is 3. The summed E-state index contributed by atoms with van der Waals surface area (Å²) < 4.78 is 0. The summed E-state index contributed by atoms with van der Waals surface area (Å²) >= 11 is 0. The summed E-state index contributed by atoms with van der Waals surface area (Å²) in [5, 5.41) is 30.7. The Morgan fingerprint density at radius 3 is 0.419 bits per heavy atom. The van der Waals surface area contributed by atoms with Gasteiger partial charge in [-0.3, -0.25) is 0 Å². The maximum atomic E-state index is 10.2. The Morgan fingerprint density at radius 2 is 0.323 bits per heavy atom. The molecule has 0 heterocycles. The Hall–Kier alpha value is -0.0705. The average Bonchev–Trinajstić information content (AvgIpc) is 3.22. The van der Waals surface area contributed by atoms with Crippen LogP contribution in [0.25, 0.3) is 0 Å². The van der Waals surface area contributed by atoms with Gasteiger partial charge in [0.05, 0.1) is 0 Å². The number of hydrogen-bond donors (Lipinski definition) is 0. The molecule has 0 rings (SSSR count). The molecule has 0 aromatic carbocycles. The first-order chi connectivity index (χ1) is 29.3. The molecule has 62 heavy (non-hydrogen) atoms. The number of aliphatic carboxylic acids is 3. The van der Waals surface area contributed by atoms with Crippen LogP contribution in [-0.2, 0) is 31.5 Å². The average molecular weight is 929 g/mol. The smallest absolute Gasteiger partial charge is 0.550 e. The molecular weight excluding hydrogens is 823 g/mol. The third kappa shape index (κ3) is 80.2. The fourth-order valence-corrected chi connectivity index (χ4v) is 7.92. The van der Waals surface area contributed by atoms with E-state index in [-0.39, 0.29) is 65.9 Å². The first-order valence-electron chi connectivity index (χ1n) is 26.9. The second-order valence-corrected chi connectivity index (χ2v) is 18.2. The second kappa shape index (κ2) is 67.5. The third-order valence-corrected chi connectivity index (χ3v) is 12.0. The van der Waals surface area contributed by atoms with Crippen molar-refractivity contribution >= 4 is 17.9 Å². The van der Waals surface area contributed by atoms with Crippen LogP contribution in [0, 0.1) is 0 Å². The van der Waals surface area contributed by atoms with E-state index in [1.165, 1.54) is 250 Å². The zero-order valence-corrected chi connectivity index (χ0v) is 45.3. The van der Waals surface area contributed by atoms with Gasteiger partial charge < -0.3 is 29.7 Å². The molecule has 8 heteroatoms. The summed E-state index contributed by atoms with van der Waals surface area (Å²) in [6.45, 7) is 6.80. The molecule has 0 saturated heterocycles. The Bertz CT molecular complexity index is 724. The molecule has 0 bridgehead atoms. The Labute approximate surface area is 420 Å². The van der Waals surface area contributed by atoms with Crippen molar-refractivity contribution in [2.45, 2.75) is 329 Å². The van der Waals surface area contributed by atoms with Crippen LogP contribution < -0.4 is 44.9 Å². The van der Waals surface area contributed by atoms with Gasteiger partial charge in [0.15, 0.2) is 0 Å². The predicted octanol–water partition coefficient (Wildman–Crippen LogP) is 12.0. The van der Waals surface area contributed by atoms with Crippen LogP contribution in [-0.4, -0.2) is 17.9 Å². The first kappa shape index (κ1) is 70.9. The molecule has 0 aromatic rings. The van der Waals surface area contributed by atoms with Crippen molar-refractivity contribution in [1.82, 2.24) is 0 Å². The van der Waals surface area contributed by atoms with Crippen LogP contribution >= 0.6 is 0 Å². The van der Waals surface area contributed by atoms with Gasteiger partial charge in [-0.05, 0) is 38.5 Å². The quantitative estimate of drug-likeness (QED) is 0.0443. The largest absolute Gasteiger partial charge is 2.00 e. The van der Waals surface area contributed by atoms with Crippen LogP contribution in [0.4, 0.5) is 0 Å². The van der Waals surface area contributed by atoms with Gasteiger partial charge >= 0.3 is 46.6 Å². The van der Waals surface area contributed by atoms with Crippen LogP contribution in [0.3, 0.4) is 0 Å². The van der Waals surface area contributed by atoms with Crippen molar-refractivity contribution in [1.29, 1.82) is 0 Å². The molecule has 0 atom stereocenters. The number of carboxylic acid groups (broad SMARTS) is 3. The van der Waals surface area contributed by atoms with Gasteiger partial charge in [-0.1, -0.05) is 290 Å². The first-order valence-corrected chi connectivity index (χ1v) is 26.9. The molecule has 0 unspecified atom stereocenters. The maximum absolute atomic E-state index is 10.2. The Morgan fingerprint density at radius 1 is 0.226 bits per heavy atom. The molecule has 0 fully saturated rings. The summed E-state index contributed by atoms with van der Waals surface area (Å²) in [4.78, 5) is 30.7. The standard InChI is InChI=1S/3C18H36O2.Fe.Na/c3*1-2-3-4-5-6-7-8-9-10-11-12-13-14-15-16-17-18(19)20;;/h3*2-17H2,1H3,(H,19,20);;/q;;;+2;+1/p-3. The van der Waals surface area contributed by atoms with Crippen LogP contribution in [0.2, 0.25) is 0 Å². The predicted molar refractivity (Wildman–Crippen MR) is 254 cm³/mol. The van der Waals surface area contributed by atoms with Gasteiger partial charge in [-0.15, -0.1) is 0 Å². The van der Waals surface area contributed by atoms with E-state index < -0.39 is 17.9 Å². The number of carbonyl (C=O) groups is 3. The fourth-order valence-electron chi connectivity index (χ4n) is 7.92. The van der Waals surface area contributed by atoms with Gasteiger partial charge in [0, 0.05) is 17.9 Å². The normalized spacial score (nSPS) is 10.5. The zero-order chi connectivity index (χ0) is 44.7. The van der Waals surface area contributed by atoms with E-state index in [9.17, 15) is 29.7 Å². The minimum atomic E-state index is -0.903. The summed E-state index contributed by atoms with van der Waals surface area (Å²) in [5.41, 5.74) is 0. The van der Waals surface area contributed by atoms with Gasteiger partial charge in [0.1, 0.15) is 0 Å². The van der Waals surface area contributed by atoms with Crippen LogP contribution in [0.5, 0.6) is 0 Å². The van der Waals surface area contributed by atoms with Crippen molar-refractivity contribution in [3.8, 4) is 0 Å². The summed E-state index contributed by atoms with van der Waals surface area (Å²) in [6.07, 6.45) is 59.6. The van der Waals surface area contributed by atoms with Crippen LogP contribution in [0.15, 0.2) is 0 Å². The minimum absolute atomic E-state index is 0. The number of rotatable bonds is 48. The van der Waals surface area contributed by atoms with Gasteiger partial charge in [-0.2, -0.15) is 0 Å². The van der Waals surface area contributed by atoms with E-state index in [1.54, 1.807) is 0 Å². The number of hydrogen-bond acceptors (Lipinski definition) is 6. The van der Waals surface area contributed by atoms with E-state index in [0.29, 0.717) is 0 Å². The van der Waals surface area contributed by atoms with Crippen molar-refractivity contribution < 1.29 is 76.3 Å². The SMILES string of the molecule is CCCCCCCCCCCCCCCCCC(=O)[O-].CCCCCCCCCCCCCCCCCC(=O)[O-].CCCCCCCCCCCCCCCCCC(=O)[O-].[Fe+2].[Na+]. The van der Waals surface area contributed by atoms with Gasteiger partial charge in [0.2, 0.25) is 0 Å². The molecule has 366 valence electrons. The molecule has 0 radical (unpaired) electrons. The molecule has 0 spiro atoms. The number of carboxylic acids is 3. The molecule has 0 aliphatic rings. The van der Waals surface area contributed by atoms with E-state index >= 15 is 0 Å². The topological polar surface area (TPSA) is 120 Å². The van der Waals surface area contributed by atoms with Crippen molar-refractivity contribution in [2.75, 3.05) is 0 Å². The van der Waals surface area contributed by atoms with Crippen molar-refractivity contribution in [3.05, 3.63) is 0 Å². The molecule has 6 nitrogen and oxygen atoms in total. The van der Waals surface area contributed by atoms with E-state index in [0.717, 1.165) is 38.5 Å². The van der Waals surface area contributed by atoms with Crippen molar-refractivity contribution in [3.63, 3.8) is 0 Å².